The van der Waals surface area contributed by atoms with Crippen LogP contribution >= 0.6 is 0 Å². The minimum atomic E-state index is 0.496. The fourth-order valence-corrected chi connectivity index (χ4v) is 2.58. The number of nitrogens with zero attached hydrogens (tertiary/aromatic N) is 2. The summed E-state index contributed by atoms with van der Waals surface area (Å²) in [6, 6.07) is 0. The van der Waals surface area contributed by atoms with E-state index in [1.807, 2.05) is 0 Å². The predicted molar refractivity (Wildman–Crippen MR) is 59.3 cm³/mol. The Morgan fingerprint density at radius 2 is 1.79 bits per heavy atom. The van der Waals surface area contributed by atoms with Crippen molar-refractivity contribution < 1.29 is 0 Å². The zero-order valence-electron chi connectivity index (χ0n) is 9.34. The zero-order chi connectivity index (χ0) is 10.0. The molecule has 0 radical (unpaired) electrons. The third-order valence-electron chi connectivity index (χ3n) is 4.00. The maximum Gasteiger partial charge on any atom is 0.0110 e. The lowest BCUT2D eigenvalue weighted by Crippen LogP contribution is -2.52. The maximum atomic E-state index is 5.88. The average molecular weight is 197 g/mol. The van der Waals surface area contributed by atoms with Crippen molar-refractivity contribution >= 4 is 0 Å². The van der Waals surface area contributed by atoms with Gasteiger partial charge in [0, 0.05) is 32.7 Å². The summed E-state index contributed by atoms with van der Waals surface area (Å²) >= 11 is 0. The van der Waals surface area contributed by atoms with E-state index in [1.165, 1.54) is 52.0 Å². The molecular weight excluding hydrogens is 174 g/mol. The van der Waals surface area contributed by atoms with Crippen LogP contribution in [0.2, 0.25) is 0 Å². The summed E-state index contributed by atoms with van der Waals surface area (Å²) in [7, 11) is 2.21. The van der Waals surface area contributed by atoms with Crippen LogP contribution in [-0.2, 0) is 0 Å². The Morgan fingerprint density at radius 1 is 1.14 bits per heavy atom. The highest BCUT2D eigenvalue weighted by atomic mass is 15.2. The van der Waals surface area contributed by atoms with Gasteiger partial charge in [0.15, 0.2) is 0 Å². The Kier molecular flexibility index (Phi) is 3.10. The molecule has 0 aromatic heterocycles. The first kappa shape index (κ1) is 10.4. The lowest BCUT2D eigenvalue weighted by Gasteiger charge is -2.46. The van der Waals surface area contributed by atoms with E-state index in [0.717, 1.165) is 6.54 Å². The van der Waals surface area contributed by atoms with Gasteiger partial charge in [0.05, 0.1) is 0 Å². The van der Waals surface area contributed by atoms with Crippen LogP contribution in [0.4, 0.5) is 0 Å². The smallest absolute Gasteiger partial charge is 0.0110 e. The fraction of sp³-hybridized carbons (Fsp3) is 1.00. The second-order valence-corrected chi connectivity index (χ2v) is 5.14. The van der Waals surface area contributed by atoms with E-state index >= 15 is 0 Å². The molecule has 2 aliphatic rings. The second kappa shape index (κ2) is 4.17. The molecule has 2 rings (SSSR count). The topological polar surface area (TPSA) is 32.5 Å². The van der Waals surface area contributed by atoms with Gasteiger partial charge in [0.25, 0.3) is 0 Å². The van der Waals surface area contributed by atoms with E-state index in [0.29, 0.717) is 5.41 Å². The molecule has 14 heavy (non-hydrogen) atoms. The zero-order valence-corrected chi connectivity index (χ0v) is 9.34. The Bertz CT molecular complexity index is 175. The van der Waals surface area contributed by atoms with Gasteiger partial charge in [-0.2, -0.15) is 0 Å². The number of piperazine rings is 1. The Labute approximate surface area is 87.2 Å². The molecule has 3 nitrogen and oxygen atoms in total. The SMILES string of the molecule is CN1CCN(CC2(CN)CCC2)CC1. The third kappa shape index (κ3) is 2.10. The van der Waals surface area contributed by atoms with Gasteiger partial charge in [0.2, 0.25) is 0 Å². The summed E-state index contributed by atoms with van der Waals surface area (Å²) in [6.45, 7) is 7.05. The first-order chi connectivity index (χ1) is 6.74. The molecule has 0 atom stereocenters. The standard InChI is InChI=1S/C11H23N3/c1-13-5-7-14(8-6-13)10-11(9-12)3-2-4-11/h2-10,12H2,1H3. The van der Waals surface area contributed by atoms with Crippen molar-refractivity contribution in [3.63, 3.8) is 0 Å². The Morgan fingerprint density at radius 3 is 2.21 bits per heavy atom. The van der Waals surface area contributed by atoms with E-state index in [-0.39, 0.29) is 0 Å². The van der Waals surface area contributed by atoms with Crippen LogP contribution in [0.5, 0.6) is 0 Å². The predicted octanol–water partition coefficient (Wildman–Crippen LogP) is 0.363. The van der Waals surface area contributed by atoms with Gasteiger partial charge < -0.3 is 15.5 Å². The Balaban J connectivity index is 1.79. The van der Waals surface area contributed by atoms with Crippen molar-refractivity contribution in [2.24, 2.45) is 11.1 Å². The van der Waals surface area contributed by atoms with Crippen molar-refractivity contribution in [3.8, 4) is 0 Å². The van der Waals surface area contributed by atoms with Gasteiger partial charge in [-0.1, -0.05) is 6.42 Å². The quantitative estimate of drug-likeness (QED) is 0.709. The minimum Gasteiger partial charge on any atom is -0.330 e. The van der Waals surface area contributed by atoms with Crippen LogP contribution in [0.15, 0.2) is 0 Å². The molecule has 2 N–H and O–H groups in total. The summed E-state index contributed by atoms with van der Waals surface area (Å²) in [6.07, 6.45) is 4.11. The van der Waals surface area contributed by atoms with E-state index in [2.05, 4.69) is 16.8 Å². The number of hydrogen-bond acceptors (Lipinski definition) is 3. The summed E-state index contributed by atoms with van der Waals surface area (Å²) in [5.74, 6) is 0. The van der Waals surface area contributed by atoms with E-state index in [4.69, 9.17) is 5.73 Å². The number of hydrogen-bond donors (Lipinski definition) is 1. The first-order valence-electron chi connectivity index (χ1n) is 5.85. The molecule has 0 spiro atoms. The van der Waals surface area contributed by atoms with Gasteiger partial charge in [-0.15, -0.1) is 0 Å². The molecule has 1 saturated carbocycles. The molecule has 0 aromatic rings. The molecule has 0 unspecified atom stereocenters. The summed E-state index contributed by atoms with van der Waals surface area (Å²) in [5, 5.41) is 0. The van der Waals surface area contributed by atoms with Crippen LogP contribution < -0.4 is 5.73 Å². The molecule has 0 amide bonds. The fourth-order valence-electron chi connectivity index (χ4n) is 2.58. The maximum absolute atomic E-state index is 5.88. The van der Waals surface area contributed by atoms with Crippen LogP contribution in [0.3, 0.4) is 0 Å². The van der Waals surface area contributed by atoms with Gasteiger partial charge in [-0.25, -0.2) is 0 Å². The molecule has 2 fully saturated rings. The van der Waals surface area contributed by atoms with Crippen LogP contribution in [0.25, 0.3) is 0 Å². The van der Waals surface area contributed by atoms with E-state index in [1.54, 1.807) is 0 Å². The van der Waals surface area contributed by atoms with E-state index in [9.17, 15) is 0 Å². The van der Waals surface area contributed by atoms with Crippen molar-refractivity contribution in [1.29, 1.82) is 0 Å². The van der Waals surface area contributed by atoms with Gasteiger partial charge in [-0.05, 0) is 31.8 Å². The molecule has 0 aromatic carbocycles. The van der Waals surface area contributed by atoms with Crippen LogP contribution in [0, 0.1) is 5.41 Å². The summed E-state index contributed by atoms with van der Waals surface area (Å²) < 4.78 is 0. The third-order valence-corrected chi connectivity index (χ3v) is 4.00. The summed E-state index contributed by atoms with van der Waals surface area (Å²) in [5.41, 5.74) is 6.37. The van der Waals surface area contributed by atoms with Crippen molar-refractivity contribution in [2.45, 2.75) is 19.3 Å². The lowest BCUT2D eigenvalue weighted by molar-refractivity contribution is 0.0493. The minimum absolute atomic E-state index is 0.496. The van der Waals surface area contributed by atoms with Crippen LogP contribution in [0.1, 0.15) is 19.3 Å². The Hall–Kier alpha value is -0.120. The first-order valence-corrected chi connectivity index (χ1v) is 5.85. The molecule has 1 aliphatic heterocycles. The molecule has 1 heterocycles. The molecule has 1 saturated heterocycles. The molecular formula is C11H23N3. The highest BCUT2D eigenvalue weighted by Gasteiger charge is 2.37. The average Bonchev–Trinajstić information content (AvgIpc) is 2.15. The molecule has 1 aliphatic carbocycles. The number of rotatable bonds is 3. The molecule has 0 bridgehead atoms. The van der Waals surface area contributed by atoms with Crippen molar-refractivity contribution in [1.82, 2.24) is 9.80 Å². The van der Waals surface area contributed by atoms with Crippen LogP contribution in [-0.4, -0.2) is 56.1 Å². The second-order valence-electron chi connectivity index (χ2n) is 5.14. The van der Waals surface area contributed by atoms with Gasteiger partial charge in [0.1, 0.15) is 0 Å². The highest BCUT2D eigenvalue weighted by molar-refractivity contribution is 4.92. The van der Waals surface area contributed by atoms with Gasteiger partial charge >= 0.3 is 0 Å². The number of nitrogens with two attached hydrogens (primary N) is 1. The van der Waals surface area contributed by atoms with Crippen molar-refractivity contribution in [3.05, 3.63) is 0 Å². The summed E-state index contributed by atoms with van der Waals surface area (Å²) in [4.78, 5) is 5.01. The molecule has 3 heteroatoms. The normalized spacial score (nSPS) is 28.7. The van der Waals surface area contributed by atoms with Gasteiger partial charge in [-0.3, -0.25) is 0 Å². The molecule has 82 valence electrons. The van der Waals surface area contributed by atoms with E-state index < -0.39 is 0 Å². The monoisotopic (exact) mass is 197 g/mol. The van der Waals surface area contributed by atoms with Crippen molar-refractivity contribution in [2.75, 3.05) is 46.3 Å². The highest BCUT2D eigenvalue weighted by Crippen LogP contribution is 2.40. The number of likely N-dealkylation sites (N-methyl/N-ethyl adjacent to an activating group) is 1. The largest absolute Gasteiger partial charge is 0.330 e. The lowest BCUT2D eigenvalue weighted by atomic mass is 9.68.